The molecule has 20 heavy (non-hydrogen) atoms. The lowest BCUT2D eigenvalue weighted by atomic mass is 10.2. The lowest BCUT2D eigenvalue weighted by Crippen LogP contribution is -2.27. The molecule has 108 valence electrons. The van der Waals surface area contributed by atoms with Crippen molar-refractivity contribution >= 4 is 10.0 Å². The predicted molar refractivity (Wildman–Crippen MR) is 71.0 cm³/mol. The van der Waals surface area contributed by atoms with Gasteiger partial charge in [0, 0.05) is 13.1 Å². The molecule has 0 fully saturated rings. The van der Waals surface area contributed by atoms with E-state index in [4.69, 9.17) is 4.52 Å². The van der Waals surface area contributed by atoms with E-state index in [0.717, 1.165) is 10.4 Å². The Kier molecular flexibility index (Phi) is 3.92. The van der Waals surface area contributed by atoms with E-state index < -0.39 is 15.8 Å². The van der Waals surface area contributed by atoms with Gasteiger partial charge in [0.15, 0.2) is 0 Å². The van der Waals surface area contributed by atoms with Gasteiger partial charge < -0.3 is 4.52 Å². The van der Waals surface area contributed by atoms with E-state index >= 15 is 0 Å². The third-order valence-electron chi connectivity index (χ3n) is 2.90. The molecular weight excluding hydrogens is 283 g/mol. The summed E-state index contributed by atoms with van der Waals surface area (Å²) >= 11 is 0. The number of benzene rings is 1. The van der Waals surface area contributed by atoms with Gasteiger partial charge in [0.05, 0.1) is 17.1 Å². The number of aryl methyl sites for hydroxylation is 2. The highest BCUT2D eigenvalue weighted by molar-refractivity contribution is 7.89. The molecule has 1 heterocycles. The fourth-order valence-corrected chi connectivity index (χ4v) is 3.20. The van der Waals surface area contributed by atoms with Crippen LogP contribution in [0.4, 0.5) is 4.39 Å². The molecule has 0 unspecified atom stereocenters. The Morgan fingerprint density at radius 2 is 2.00 bits per heavy atom. The molecule has 0 aliphatic carbocycles. The molecule has 0 N–H and O–H groups in total. The molecule has 0 saturated carbocycles. The number of aromatic nitrogens is 1. The van der Waals surface area contributed by atoms with Gasteiger partial charge in [-0.25, -0.2) is 12.8 Å². The molecule has 1 aromatic carbocycles. The van der Waals surface area contributed by atoms with Crippen LogP contribution in [-0.4, -0.2) is 24.9 Å². The van der Waals surface area contributed by atoms with E-state index in [1.165, 1.54) is 19.2 Å². The smallest absolute Gasteiger partial charge is 0.243 e. The van der Waals surface area contributed by atoms with Crippen LogP contribution >= 0.6 is 0 Å². The average Bonchev–Trinajstić information content (AvgIpc) is 2.77. The van der Waals surface area contributed by atoms with E-state index in [9.17, 15) is 12.8 Å². The zero-order valence-electron chi connectivity index (χ0n) is 11.4. The third kappa shape index (κ3) is 2.88. The largest absolute Gasteiger partial charge is 0.361 e. The predicted octanol–water partition coefficient (Wildman–Crippen LogP) is 2.25. The van der Waals surface area contributed by atoms with E-state index in [1.807, 2.05) is 0 Å². The topological polar surface area (TPSA) is 63.4 Å². The Labute approximate surface area is 117 Å². The van der Waals surface area contributed by atoms with Crippen LogP contribution in [0, 0.1) is 19.7 Å². The first kappa shape index (κ1) is 14.7. The molecular formula is C13H15FN2O3S. The van der Waals surface area contributed by atoms with Crippen LogP contribution in [-0.2, 0) is 16.6 Å². The fraction of sp³-hybridized carbons (Fsp3) is 0.308. The average molecular weight is 298 g/mol. The summed E-state index contributed by atoms with van der Waals surface area (Å²) < 4.78 is 44.1. The number of rotatable bonds is 4. The van der Waals surface area contributed by atoms with Gasteiger partial charge in [0.2, 0.25) is 10.0 Å². The summed E-state index contributed by atoms with van der Waals surface area (Å²) in [5.41, 5.74) is 0.997. The Hall–Kier alpha value is -1.73. The second-order valence-electron chi connectivity index (χ2n) is 4.60. The van der Waals surface area contributed by atoms with Gasteiger partial charge in [0.1, 0.15) is 11.6 Å². The first-order valence-electron chi connectivity index (χ1n) is 5.95. The SMILES string of the molecule is Cc1cc(CN(C)S(=O)(=O)c2cc(F)ccc2C)no1. The molecule has 0 amide bonds. The van der Waals surface area contributed by atoms with Gasteiger partial charge in [-0.2, -0.15) is 4.31 Å². The van der Waals surface area contributed by atoms with Crippen molar-refractivity contribution in [3.63, 3.8) is 0 Å². The van der Waals surface area contributed by atoms with Gasteiger partial charge in [-0.1, -0.05) is 11.2 Å². The van der Waals surface area contributed by atoms with E-state index in [-0.39, 0.29) is 11.4 Å². The molecule has 0 atom stereocenters. The molecule has 2 aromatic rings. The minimum Gasteiger partial charge on any atom is -0.361 e. The minimum atomic E-state index is -3.77. The van der Waals surface area contributed by atoms with Crippen molar-refractivity contribution < 1.29 is 17.3 Å². The van der Waals surface area contributed by atoms with Crippen LogP contribution in [0.25, 0.3) is 0 Å². The van der Waals surface area contributed by atoms with Gasteiger partial charge in [-0.05, 0) is 31.5 Å². The van der Waals surface area contributed by atoms with E-state index in [1.54, 1.807) is 19.9 Å². The summed E-state index contributed by atoms with van der Waals surface area (Å²) in [5, 5.41) is 3.75. The van der Waals surface area contributed by atoms with Crippen LogP contribution in [0.15, 0.2) is 33.7 Å². The Balaban J connectivity index is 2.32. The number of hydrogen-bond donors (Lipinski definition) is 0. The second kappa shape index (κ2) is 5.34. The number of halogens is 1. The highest BCUT2D eigenvalue weighted by Gasteiger charge is 2.24. The van der Waals surface area contributed by atoms with Crippen molar-refractivity contribution in [2.75, 3.05) is 7.05 Å². The molecule has 0 bridgehead atoms. The van der Waals surface area contributed by atoms with Crippen LogP contribution in [0.2, 0.25) is 0 Å². The molecule has 0 saturated heterocycles. The first-order valence-corrected chi connectivity index (χ1v) is 7.39. The normalized spacial score (nSPS) is 12.1. The van der Waals surface area contributed by atoms with Gasteiger partial charge in [0.25, 0.3) is 0 Å². The lowest BCUT2D eigenvalue weighted by Gasteiger charge is -2.17. The van der Waals surface area contributed by atoms with E-state index in [2.05, 4.69) is 5.16 Å². The van der Waals surface area contributed by atoms with Crippen molar-refractivity contribution in [2.45, 2.75) is 25.3 Å². The van der Waals surface area contributed by atoms with Crippen LogP contribution in [0.1, 0.15) is 17.0 Å². The summed E-state index contributed by atoms with van der Waals surface area (Å²) in [7, 11) is -2.35. The maximum atomic E-state index is 13.3. The number of hydrogen-bond acceptors (Lipinski definition) is 4. The van der Waals surface area contributed by atoms with Crippen LogP contribution in [0.3, 0.4) is 0 Å². The summed E-state index contributed by atoms with van der Waals surface area (Å²) in [4.78, 5) is -0.0415. The lowest BCUT2D eigenvalue weighted by molar-refractivity contribution is 0.378. The Bertz CT molecular complexity index is 725. The zero-order valence-corrected chi connectivity index (χ0v) is 12.2. The van der Waals surface area contributed by atoms with E-state index in [0.29, 0.717) is 17.0 Å². The fourth-order valence-electron chi connectivity index (χ4n) is 1.83. The van der Waals surface area contributed by atoms with Gasteiger partial charge >= 0.3 is 0 Å². The minimum absolute atomic E-state index is 0.0415. The van der Waals surface area contributed by atoms with Crippen molar-refractivity contribution in [1.29, 1.82) is 0 Å². The summed E-state index contributed by atoms with van der Waals surface area (Å²) in [6.45, 7) is 3.41. The number of sulfonamides is 1. The van der Waals surface area contributed by atoms with Crippen molar-refractivity contribution in [3.8, 4) is 0 Å². The monoisotopic (exact) mass is 298 g/mol. The maximum Gasteiger partial charge on any atom is 0.243 e. The quantitative estimate of drug-likeness (QED) is 0.868. The molecule has 5 nitrogen and oxygen atoms in total. The number of nitrogens with zero attached hydrogens (tertiary/aromatic N) is 2. The first-order chi connectivity index (χ1) is 9.30. The summed E-state index contributed by atoms with van der Waals surface area (Å²) in [5.74, 6) is 0.0209. The Morgan fingerprint density at radius 1 is 1.30 bits per heavy atom. The zero-order chi connectivity index (χ0) is 14.9. The molecule has 2 rings (SSSR count). The molecule has 7 heteroatoms. The van der Waals surface area contributed by atoms with Crippen molar-refractivity contribution in [3.05, 3.63) is 47.1 Å². The highest BCUT2D eigenvalue weighted by atomic mass is 32.2. The second-order valence-corrected chi connectivity index (χ2v) is 6.61. The molecule has 0 spiro atoms. The van der Waals surface area contributed by atoms with Crippen molar-refractivity contribution in [2.24, 2.45) is 0 Å². The molecule has 1 aromatic heterocycles. The maximum absolute atomic E-state index is 13.3. The molecule has 0 radical (unpaired) electrons. The van der Waals surface area contributed by atoms with Crippen LogP contribution in [0.5, 0.6) is 0 Å². The summed E-state index contributed by atoms with van der Waals surface area (Å²) in [6.07, 6.45) is 0. The van der Waals surface area contributed by atoms with Crippen LogP contribution < -0.4 is 0 Å². The molecule has 0 aliphatic heterocycles. The standard InChI is InChI=1S/C13H15FN2O3S/c1-9-4-5-11(14)7-13(9)20(17,18)16(3)8-12-6-10(2)19-15-12/h4-7H,8H2,1-3H3. The van der Waals surface area contributed by atoms with Crippen molar-refractivity contribution in [1.82, 2.24) is 9.46 Å². The third-order valence-corrected chi connectivity index (χ3v) is 4.85. The van der Waals surface area contributed by atoms with Gasteiger partial charge in [-0.3, -0.25) is 0 Å². The summed E-state index contributed by atoms with van der Waals surface area (Å²) in [6, 6.07) is 5.35. The molecule has 0 aliphatic rings. The Morgan fingerprint density at radius 3 is 2.60 bits per heavy atom. The highest BCUT2D eigenvalue weighted by Crippen LogP contribution is 2.21. The van der Waals surface area contributed by atoms with Gasteiger partial charge in [-0.15, -0.1) is 0 Å².